The Hall–Kier alpha value is -3.78. The molecule has 0 saturated carbocycles. The van der Waals surface area contributed by atoms with Crippen LogP contribution in [0.2, 0.25) is 0 Å². The zero-order valence-corrected chi connectivity index (χ0v) is 16.6. The van der Waals surface area contributed by atoms with E-state index in [1.165, 1.54) is 11.8 Å². The minimum atomic E-state index is -0.168. The Labute approximate surface area is 177 Å². The van der Waals surface area contributed by atoms with Crippen molar-refractivity contribution in [1.82, 2.24) is 10.2 Å². The van der Waals surface area contributed by atoms with Gasteiger partial charge in [0.2, 0.25) is 11.8 Å². The molecule has 148 valence electrons. The number of amides is 1. The van der Waals surface area contributed by atoms with Crippen LogP contribution in [0.15, 0.2) is 105 Å². The van der Waals surface area contributed by atoms with Crippen molar-refractivity contribution in [2.24, 2.45) is 10.2 Å². The fourth-order valence-corrected chi connectivity index (χ4v) is 3.07. The number of azo groups is 1. The van der Waals surface area contributed by atoms with Gasteiger partial charge in [-0.3, -0.25) is 4.79 Å². The zero-order chi connectivity index (χ0) is 20.6. The first-order valence-corrected chi connectivity index (χ1v) is 10.1. The summed E-state index contributed by atoms with van der Waals surface area (Å²) in [5.41, 5.74) is 2.99. The molecule has 8 heteroatoms. The average molecular weight is 415 g/mol. The summed E-state index contributed by atoms with van der Waals surface area (Å²) in [4.78, 5) is 12.2. The molecule has 1 amide bonds. The minimum Gasteiger partial charge on any atom is -0.411 e. The second-order valence-corrected chi connectivity index (χ2v) is 7.09. The number of nitrogens with zero attached hydrogens (tertiary/aromatic N) is 4. The number of hydrogen-bond acceptors (Lipinski definition) is 7. The Morgan fingerprint density at radius 2 is 1.47 bits per heavy atom. The fourth-order valence-electron chi connectivity index (χ4n) is 2.51. The van der Waals surface area contributed by atoms with Gasteiger partial charge in [0.1, 0.15) is 0 Å². The first-order chi connectivity index (χ1) is 14.8. The maximum atomic E-state index is 12.2. The highest BCUT2D eigenvalue weighted by Gasteiger charge is 2.11. The summed E-state index contributed by atoms with van der Waals surface area (Å²) in [5.74, 6) is 0.420. The van der Waals surface area contributed by atoms with Gasteiger partial charge in [0.05, 0.1) is 17.1 Å². The van der Waals surface area contributed by atoms with Gasteiger partial charge in [-0.05, 0) is 48.5 Å². The molecular formula is C22H17N5O2S. The third-order valence-electron chi connectivity index (χ3n) is 3.94. The SMILES string of the molecule is O=C(CSc1nnc(-c2ccccc2)o1)Nc1ccc(N=Nc2ccccc2)cc1. The van der Waals surface area contributed by atoms with Crippen LogP contribution in [0.25, 0.3) is 11.5 Å². The average Bonchev–Trinajstić information content (AvgIpc) is 3.28. The lowest BCUT2D eigenvalue weighted by atomic mass is 10.2. The summed E-state index contributed by atoms with van der Waals surface area (Å²) in [5, 5.41) is 19.5. The van der Waals surface area contributed by atoms with Gasteiger partial charge in [-0.1, -0.05) is 48.2 Å². The van der Waals surface area contributed by atoms with Gasteiger partial charge in [-0.2, -0.15) is 10.2 Å². The predicted molar refractivity (Wildman–Crippen MR) is 116 cm³/mol. The maximum Gasteiger partial charge on any atom is 0.277 e. The van der Waals surface area contributed by atoms with Crippen LogP contribution in [0, 0.1) is 0 Å². The molecule has 1 N–H and O–H groups in total. The topological polar surface area (TPSA) is 92.7 Å². The fraction of sp³-hybridized carbons (Fsp3) is 0.0455. The molecule has 0 fully saturated rings. The quantitative estimate of drug-likeness (QED) is 0.300. The number of carbonyl (C=O) groups is 1. The lowest BCUT2D eigenvalue weighted by Gasteiger charge is -2.04. The number of thioether (sulfide) groups is 1. The van der Waals surface area contributed by atoms with E-state index in [1.54, 1.807) is 24.3 Å². The van der Waals surface area contributed by atoms with Crippen LogP contribution < -0.4 is 5.32 Å². The molecule has 0 spiro atoms. The molecule has 0 saturated heterocycles. The normalized spacial score (nSPS) is 10.9. The summed E-state index contributed by atoms with van der Waals surface area (Å²) >= 11 is 1.19. The molecule has 0 radical (unpaired) electrons. The summed E-state index contributed by atoms with van der Waals surface area (Å²) in [6.07, 6.45) is 0. The Bertz CT molecular complexity index is 1130. The Morgan fingerprint density at radius 1 is 0.833 bits per heavy atom. The molecule has 30 heavy (non-hydrogen) atoms. The lowest BCUT2D eigenvalue weighted by Crippen LogP contribution is -2.13. The van der Waals surface area contributed by atoms with Crippen molar-refractivity contribution in [3.05, 3.63) is 84.9 Å². The van der Waals surface area contributed by atoms with E-state index >= 15 is 0 Å². The van der Waals surface area contributed by atoms with E-state index < -0.39 is 0 Å². The van der Waals surface area contributed by atoms with Crippen molar-refractivity contribution in [1.29, 1.82) is 0 Å². The maximum absolute atomic E-state index is 12.2. The molecule has 1 aromatic heterocycles. The molecule has 0 aliphatic carbocycles. The first kappa shape index (κ1) is 19.5. The smallest absolute Gasteiger partial charge is 0.277 e. The molecule has 4 rings (SSSR count). The molecule has 0 aliphatic heterocycles. The van der Waals surface area contributed by atoms with Gasteiger partial charge in [0.15, 0.2) is 0 Å². The van der Waals surface area contributed by atoms with E-state index in [-0.39, 0.29) is 11.7 Å². The Kier molecular flexibility index (Phi) is 6.26. The van der Waals surface area contributed by atoms with Gasteiger partial charge in [0, 0.05) is 11.3 Å². The molecule has 1 heterocycles. The summed E-state index contributed by atoms with van der Waals surface area (Å²) < 4.78 is 5.59. The van der Waals surface area contributed by atoms with E-state index in [0.29, 0.717) is 22.5 Å². The molecule has 0 bridgehead atoms. The summed E-state index contributed by atoms with van der Waals surface area (Å²) in [6.45, 7) is 0. The van der Waals surface area contributed by atoms with Crippen LogP contribution in [0.4, 0.5) is 17.1 Å². The van der Waals surface area contributed by atoms with Gasteiger partial charge in [0.25, 0.3) is 5.22 Å². The van der Waals surface area contributed by atoms with Crippen LogP contribution in [-0.4, -0.2) is 21.9 Å². The molecule has 4 aromatic rings. The molecule has 0 unspecified atom stereocenters. The largest absolute Gasteiger partial charge is 0.411 e. The third-order valence-corrected chi connectivity index (χ3v) is 4.76. The number of anilines is 1. The van der Waals surface area contributed by atoms with E-state index in [2.05, 4.69) is 25.7 Å². The second kappa shape index (κ2) is 9.62. The third kappa shape index (κ3) is 5.39. The Balaban J connectivity index is 1.28. The van der Waals surface area contributed by atoms with Gasteiger partial charge >= 0.3 is 0 Å². The summed E-state index contributed by atoms with van der Waals surface area (Å²) in [7, 11) is 0. The molecule has 3 aromatic carbocycles. The molecule has 7 nitrogen and oxygen atoms in total. The van der Waals surface area contributed by atoms with E-state index in [0.717, 1.165) is 11.3 Å². The highest BCUT2D eigenvalue weighted by Crippen LogP contribution is 2.23. The van der Waals surface area contributed by atoms with Crippen LogP contribution in [-0.2, 0) is 4.79 Å². The van der Waals surface area contributed by atoms with Crippen molar-refractivity contribution in [2.75, 3.05) is 11.1 Å². The van der Waals surface area contributed by atoms with Crippen molar-refractivity contribution < 1.29 is 9.21 Å². The van der Waals surface area contributed by atoms with Crippen molar-refractivity contribution >= 4 is 34.7 Å². The number of aromatic nitrogens is 2. The van der Waals surface area contributed by atoms with Crippen LogP contribution in [0.1, 0.15) is 0 Å². The number of rotatable bonds is 7. The molecule has 0 atom stereocenters. The first-order valence-electron chi connectivity index (χ1n) is 9.15. The van der Waals surface area contributed by atoms with Crippen molar-refractivity contribution in [2.45, 2.75) is 5.22 Å². The molecule has 0 aliphatic rings. The van der Waals surface area contributed by atoms with Gasteiger partial charge in [-0.15, -0.1) is 10.2 Å². The van der Waals surface area contributed by atoms with Gasteiger partial charge in [-0.25, -0.2) is 0 Å². The van der Waals surface area contributed by atoms with Crippen LogP contribution >= 0.6 is 11.8 Å². The predicted octanol–water partition coefficient (Wildman–Crippen LogP) is 5.88. The zero-order valence-electron chi connectivity index (χ0n) is 15.8. The number of hydrogen-bond donors (Lipinski definition) is 1. The second-order valence-electron chi connectivity index (χ2n) is 6.16. The standard InChI is InChI=1S/C22H17N5O2S/c28-20(15-30-22-27-26-21(29-22)16-7-3-1-4-8-16)23-17-11-13-19(14-12-17)25-24-18-9-5-2-6-10-18/h1-14H,15H2,(H,23,28). The highest BCUT2D eigenvalue weighted by molar-refractivity contribution is 7.99. The number of benzene rings is 3. The molecular weight excluding hydrogens is 398 g/mol. The van der Waals surface area contributed by atoms with E-state index in [1.807, 2.05) is 60.7 Å². The Morgan fingerprint density at radius 3 is 2.17 bits per heavy atom. The highest BCUT2D eigenvalue weighted by atomic mass is 32.2. The van der Waals surface area contributed by atoms with Crippen LogP contribution in [0.3, 0.4) is 0 Å². The van der Waals surface area contributed by atoms with Crippen molar-refractivity contribution in [3.63, 3.8) is 0 Å². The minimum absolute atomic E-state index is 0.159. The summed E-state index contributed by atoms with van der Waals surface area (Å²) in [6, 6.07) is 26.1. The monoisotopic (exact) mass is 415 g/mol. The van der Waals surface area contributed by atoms with Crippen LogP contribution in [0.5, 0.6) is 0 Å². The lowest BCUT2D eigenvalue weighted by molar-refractivity contribution is -0.113. The van der Waals surface area contributed by atoms with E-state index in [9.17, 15) is 4.79 Å². The number of carbonyl (C=O) groups excluding carboxylic acids is 1. The number of nitrogens with one attached hydrogen (secondary N) is 1. The van der Waals surface area contributed by atoms with Gasteiger partial charge < -0.3 is 9.73 Å². The van der Waals surface area contributed by atoms with E-state index in [4.69, 9.17) is 4.42 Å². The van der Waals surface area contributed by atoms with Crippen molar-refractivity contribution in [3.8, 4) is 11.5 Å².